The lowest BCUT2D eigenvalue weighted by molar-refractivity contribution is 0.0917. The summed E-state index contributed by atoms with van der Waals surface area (Å²) in [4.78, 5) is 19.9. The van der Waals surface area contributed by atoms with Crippen molar-refractivity contribution >= 4 is 42.4 Å². The van der Waals surface area contributed by atoms with Crippen molar-refractivity contribution in [3.8, 4) is 5.75 Å². The molecule has 0 aliphatic carbocycles. The predicted octanol–water partition coefficient (Wildman–Crippen LogP) is 3.92. The summed E-state index contributed by atoms with van der Waals surface area (Å²) in [6.45, 7) is 2.62. The van der Waals surface area contributed by atoms with Gasteiger partial charge < -0.3 is 9.47 Å². The van der Waals surface area contributed by atoms with Crippen LogP contribution in [0.1, 0.15) is 30.1 Å². The Morgan fingerprint density at radius 3 is 2.84 bits per heavy atom. The molecule has 1 aliphatic heterocycles. The summed E-state index contributed by atoms with van der Waals surface area (Å²) >= 11 is 1.40. The molecule has 1 amide bonds. The fourth-order valence-corrected chi connectivity index (χ4v) is 5.45. The van der Waals surface area contributed by atoms with Crippen molar-refractivity contribution in [3.63, 3.8) is 0 Å². The first-order valence-electron chi connectivity index (χ1n) is 10.1. The van der Waals surface area contributed by atoms with Crippen molar-refractivity contribution < 1.29 is 22.7 Å². The number of ether oxygens (including phenoxy) is 2. The number of anilines is 1. The smallest absolute Gasteiger partial charge is 0.260 e. The van der Waals surface area contributed by atoms with Gasteiger partial charge in [0.25, 0.3) is 5.91 Å². The standard InChI is InChI=1S/C22H24N2O5S2/c1-3-31(26,27)18-8-4-6-15(12-18)21(25)24(14-17-7-5-11-29-17)22-23-19-10-9-16(28-2)13-20(19)30-22/h4,6,8-10,12-13,17H,3,5,7,11,14H2,1-2H3. The fourth-order valence-electron chi connectivity index (χ4n) is 3.52. The highest BCUT2D eigenvalue weighted by molar-refractivity contribution is 7.91. The number of carbonyl (C=O) groups is 1. The molecule has 1 unspecified atom stereocenters. The molecule has 0 saturated carbocycles. The summed E-state index contributed by atoms with van der Waals surface area (Å²) in [6.07, 6.45) is 1.74. The number of hydrogen-bond donors (Lipinski definition) is 0. The number of amides is 1. The van der Waals surface area contributed by atoms with Crippen molar-refractivity contribution in [3.05, 3.63) is 48.0 Å². The van der Waals surface area contributed by atoms with Crippen LogP contribution >= 0.6 is 11.3 Å². The average molecular weight is 461 g/mol. The Balaban J connectivity index is 1.73. The summed E-state index contributed by atoms with van der Waals surface area (Å²) in [7, 11) is -1.81. The Kier molecular flexibility index (Phi) is 6.27. The van der Waals surface area contributed by atoms with E-state index in [2.05, 4.69) is 4.98 Å². The molecule has 164 valence electrons. The maximum absolute atomic E-state index is 13.5. The Morgan fingerprint density at radius 1 is 1.29 bits per heavy atom. The van der Waals surface area contributed by atoms with Crippen LogP contribution < -0.4 is 9.64 Å². The number of benzene rings is 2. The molecule has 31 heavy (non-hydrogen) atoms. The van der Waals surface area contributed by atoms with Crippen molar-refractivity contribution in [1.29, 1.82) is 0 Å². The molecule has 3 aromatic rings. The first kappa shape index (κ1) is 21.7. The second-order valence-electron chi connectivity index (χ2n) is 7.31. The molecule has 1 saturated heterocycles. The van der Waals surface area contributed by atoms with Gasteiger partial charge in [0.15, 0.2) is 15.0 Å². The monoisotopic (exact) mass is 460 g/mol. The molecule has 1 aromatic heterocycles. The molecule has 2 aromatic carbocycles. The highest BCUT2D eigenvalue weighted by atomic mass is 32.2. The van der Waals surface area contributed by atoms with Crippen LogP contribution in [-0.2, 0) is 14.6 Å². The number of fused-ring (bicyclic) bond motifs is 1. The molecular formula is C22H24N2O5S2. The molecule has 0 spiro atoms. The predicted molar refractivity (Wildman–Crippen MR) is 121 cm³/mol. The lowest BCUT2D eigenvalue weighted by atomic mass is 10.2. The van der Waals surface area contributed by atoms with Gasteiger partial charge in [0.1, 0.15) is 5.75 Å². The fraction of sp³-hybridized carbons (Fsp3) is 0.364. The van der Waals surface area contributed by atoms with Crippen LogP contribution in [0.15, 0.2) is 47.4 Å². The van der Waals surface area contributed by atoms with Crippen LogP contribution in [0, 0.1) is 0 Å². The van der Waals surface area contributed by atoms with E-state index < -0.39 is 9.84 Å². The van der Waals surface area contributed by atoms with Gasteiger partial charge in [-0.1, -0.05) is 24.3 Å². The maximum atomic E-state index is 13.5. The van der Waals surface area contributed by atoms with Gasteiger partial charge in [0.05, 0.1) is 40.6 Å². The molecular weight excluding hydrogens is 436 g/mol. The number of hydrogen-bond acceptors (Lipinski definition) is 7. The third kappa shape index (κ3) is 4.58. The van der Waals surface area contributed by atoms with Crippen LogP contribution in [0.4, 0.5) is 5.13 Å². The van der Waals surface area contributed by atoms with Crippen molar-refractivity contribution in [2.24, 2.45) is 0 Å². The summed E-state index contributed by atoms with van der Waals surface area (Å²) in [5.41, 5.74) is 1.08. The average Bonchev–Trinajstić information content (AvgIpc) is 3.46. The molecule has 4 rings (SSSR count). The minimum atomic E-state index is -3.42. The van der Waals surface area contributed by atoms with Gasteiger partial charge in [-0.05, 0) is 49.2 Å². The lowest BCUT2D eigenvalue weighted by Crippen LogP contribution is -2.37. The third-order valence-corrected chi connectivity index (χ3v) is 8.06. The number of rotatable bonds is 7. The SMILES string of the molecule is CCS(=O)(=O)c1cccc(C(=O)N(CC2CCCO2)c2nc3ccc(OC)cc3s2)c1. The highest BCUT2D eigenvalue weighted by Crippen LogP contribution is 2.33. The summed E-state index contributed by atoms with van der Waals surface area (Å²) in [6, 6.07) is 11.8. The zero-order valence-corrected chi connectivity index (χ0v) is 19.0. The highest BCUT2D eigenvalue weighted by Gasteiger charge is 2.28. The van der Waals surface area contributed by atoms with Gasteiger partial charge in [0.2, 0.25) is 0 Å². The Morgan fingerprint density at radius 2 is 2.13 bits per heavy atom. The van der Waals surface area contributed by atoms with Crippen molar-refractivity contribution in [1.82, 2.24) is 4.98 Å². The van der Waals surface area contributed by atoms with Crippen LogP contribution in [0.5, 0.6) is 5.75 Å². The van der Waals surface area contributed by atoms with E-state index >= 15 is 0 Å². The normalized spacial score (nSPS) is 16.5. The van der Waals surface area contributed by atoms with Crippen molar-refractivity contribution in [2.45, 2.75) is 30.8 Å². The van der Waals surface area contributed by atoms with Gasteiger partial charge in [-0.3, -0.25) is 9.69 Å². The molecule has 1 fully saturated rings. The van der Waals surface area contributed by atoms with E-state index in [9.17, 15) is 13.2 Å². The number of sulfone groups is 1. The second kappa shape index (κ2) is 8.94. The van der Waals surface area contributed by atoms with E-state index in [0.29, 0.717) is 23.8 Å². The Hall–Kier alpha value is -2.49. The molecule has 1 aliphatic rings. The molecule has 0 bridgehead atoms. The largest absolute Gasteiger partial charge is 0.497 e. The van der Waals surface area contributed by atoms with Crippen LogP contribution in [0.2, 0.25) is 0 Å². The quantitative estimate of drug-likeness (QED) is 0.531. The second-order valence-corrected chi connectivity index (χ2v) is 10.6. The molecule has 9 heteroatoms. The van der Waals surface area contributed by atoms with Crippen LogP contribution in [-0.4, -0.2) is 51.4 Å². The Labute approximate surface area is 185 Å². The zero-order valence-electron chi connectivity index (χ0n) is 17.4. The number of methoxy groups -OCH3 is 1. The minimum Gasteiger partial charge on any atom is -0.497 e. The maximum Gasteiger partial charge on any atom is 0.260 e. The van der Waals surface area contributed by atoms with Crippen molar-refractivity contribution in [2.75, 3.05) is 30.9 Å². The number of aromatic nitrogens is 1. The van der Waals surface area contributed by atoms with E-state index in [1.54, 1.807) is 31.1 Å². The van der Waals surface area contributed by atoms with E-state index in [4.69, 9.17) is 9.47 Å². The first-order chi connectivity index (χ1) is 14.9. The van der Waals surface area contributed by atoms with E-state index in [1.807, 2.05) is 18.2 Å². The van der Waals surface area contributed by atoms with Crippen LogP contribution in [0.25, 0.3) is 10.2 Å². The molecule has 1 atom stereocenters. The molecule has 0 radical (unpaired) electrons. The summed E-state index contributed by atoms with van der Waals surface area (Å²) in [5, 5.41) is 0.549. The van der Waals surface area contributed by atoms with Gasteiger partial charge in [-0.25, -0.2) is 13.4 Å². The summed E-state index contributed by atoms with van der Waals surface area (Å²) in [5.74, 6) is 0.399. The van der Waals surface area contributed by atoms with Gasteiger partial charge >= 0.3 is 0 Å². The Bertz CT molecular complexity index is 1200. The minimum absolute atomic E-state index is 0.0238. The van der Waals surface area contributed by atoms with Gasteiger partial charge in [0, 0.05) is 12.2 Å². The van der Waals surface area contributed by atoms with E-state index in [0.717, 1.165) is 28.8 Å². The van der Waals surface area contributed by atoms with Crippen LogP contribution in [0.3, 0.4) is 0 Å². The van der Waals surface area contributed by atoms with Gasteiger partial charge in [-0.2, -0.15) is 0 Å². The lowest BCUT2D eigenvalue weighted by Gasteiger charge is -2.23. The molecule has 2 heterocycles. The number of thiazole rings is 1. The van der Waals surface area contributed by atoms with E-state index in [1.165, 1.54) is 23.5 Å². The zero-order chi connectivity index (χ0) is 22.0. The van der Waals surface area contributed by atoms with E-state index in [-0.39, 0.29) is 22.7 Å². The summed E-state index contributed by atoms with van der Waals surface area (Å²) < 4.78 is 36.6. The first-order valence-corrected chi connectivity index (χ1v) is 12.6. The molecule has 0 N–H and O–H groups in total. The third-order valence-electron chi connectivity index (χ3n) is 5.29. The number of nitrogens with zero attached hydrogens (tertiary/aromatic N) is 2. The topological polar surface area (TPSA) is 85.8 Å². The molecule has 7 nitrogen and oxygen atoms in total. The van der Waals surface area contributed by atoms with Gasteiger partial charge in [-0.15, -0.1) is 0 Å². The number of carbonyl (C=O) groups excluding carboxylic acids is 1.